The van der Waals surface area contributed by atoms with Crippen LogP contribution in [0.3, 0.4) is 0 Å². The van der Waals surface area contributed by atoms with Crippen molar-refractivity contribution in [1.82, 2.24) is 10.6 Å². The first-order valence-corrected chi connectivity index (χ1v) is 5.85. The van der Waals surface area contributed by atoms with Crippen molar-refractivity contribution in [3.8, 4) is 0 Å². The van der Waals surface area contributed by atoms with Gasteiger partial charge in [-0.25, -0.2) is 4.79 Å². The van der Waals surface area contributed by atoms with Gasteiger partial charge in [0, 0.05) is 18.5 Å². The van der Waals surface area contributed by atoms with Gasteiger partial charge in [0.15, 0.2) is 0 Å². The van der Waals surface area contributed by atoms with Crippen LogP contribution in [0.1, 0.15) is 39.0 Å². The van der Waals surface area contributed by atoms with Crippen LogP contribution in [0.4, 0.5) is 4.79 Å². The smallest absolute Gasteiger partial charge is 0.314 e. The Hall–Kier alpha value is -0.770. The van der Waals surface area contributed by atoms with E-state index in [1.165, 1.54) is 0 Å². The first kappa shape index (κ1) is 12.3. The minimum atomic E-state index is -0.106. The molecule has 1 saturated carbocycles. The summed E-state index contributed by atoms with van der Waals surface area (Å²) in [5.41, 5.74) is 0.000753. The average Bonchev–Trinajstić information content (AvgIpc) is 3.02. The highest BCUT2D eigenvalue weighted by molar-refractivity contribution is 5.73. The molecule has 0 saturated heterocycles. The molecule has 0 atom stereocenters. The van der Waals surface area contributed by atoms with E-state index in [0.29, 0.717) is 6.54 Å². The van der Waals surface area contributed by atoms with Crippen LogP contribution in [0, 0.1) is 5.41 Å². The Bertz CT molecular complexity index is 203. The zero-order valence-corrected chi connectivity index (χ0v) is 9.51. The summed E-state index contributed by atoms with van der Waals surface area (Å²) >= 11 is 0. The topological polar surface area (TPSA) is 61.4 Å². The van der Waals surface area contributed by atoms with Gasteiger partial charge < -0.3 is 15.7 Å². The molecule has 0 heterocycles. The van der Waals surface area contributed by atoms with Crippen LogP contribution in [0.5, 0.6) is 0 Å². The molecule has 4 heteroatoms. The summed E-state index contributed by atoms with van der Waals surface area (Å²) in [4.78, 5) is 11.3. The van der Waals surface area contributed by atoms with Gasteiger partial charge in [-0.1, -0.05) is 19.8 Å². The molecule has 0 unspecified atom stereocenters. The zero-order chi connectivity index (χ0) is 11.1. The van der Waals surface area contributed by atoms with Gasteiger partial charge in [0.1, 0.15) is 0 Å². The molecule has 2 amide bonds. The fourth-order valence-corrected chi connectivity index (χ4v) is 1.47. The van der Waals surface area contributed by atoms with E-state index < -0.39 is 0 Å². The predicted molar refractivity (Wildman–Crippen MR) is 59.7 cm³/mol. The molecule has 4 nitrogen and oxygen atoms in total. The Morgan fingerprint density at radius 2 is 2.07 bits per heavy atom. The monoisotopic (exact) mass is 214 g/mol. The lowest BCUT2D eigenvalue weighted by Gasteiger charge is -2.13. The molecule has 1 aliphatic rings. The van der Waals surface area contributed by atoms with Crippen molar-refractivity contribution in [2.45, 2.75) is 39.0 Å². The molecule has 0 spiro atoms. The number of hydrogen-bond donors (Lipinski definition) is 3. The number of aliphatic hydroxyl groups excluding tert-OH is 1. The van der Waals surface area contributed by atoms with E-state index in [4.69, 9.17) is 5.11 Å². The van der Waals surface area contributed by atoms with Gasteiger partial charge in [0.25, 0.3) is 0 Å². The largest absolute Gasteiger partial charge is 0.396 e. The lowest BCUT2D eigenvalue weighted by Crippen LogP contribution is -2.39. The number of hydrogen-bond acceptors (Lipinski definition) is 2. The van der Waals surface area contributed by atoms with Gasteiger partial charge in [-0.15, -0.1) is 0 Å². The van der Waals surface area contributed by atoms with E-state index in [2.05, 4.69) is 17.6 Å². The lowest BCUT2D eigenvalue weighted by molar-refractivity contribution is 0.203. The number of carbonyl (C=O) groups excluding carboxylic acids is 1. The summed E-state index contributed by atoms with van der Waals surface area (Å²) in [6.07, 6.45) is 5.41. The van der Waals surface area contributed by atoms with Crippen LogP contribution < -0.4 is 10.6 Å². The SMILES string of the molecule is CCCCCNC(=O)NCC1(CO)CC1. The second-order valence-electron chi connectivity index (χ2n) is 4.47. The number of aliphatic hydroxyl groups is 1. The van der Waals surface area contributed by atoms with E-state index in [0.717, 1.165) is 38.6 Å². The van der Waals surface area contributed by atoms with Crippen LogP contribution in [0.15, 0.2) is 0 Å². The van der Waals surface area contributed by atoms with Crippen molar-refractivity contribution in [2.75, 3.05) is 19.7 Å². The summed E-state index contributed by atoms with van der Waals surface area (Å²) in [6, 6.07) is -0.106. The van der Waals surface area contributed by atoms with Crippen LogP contribution in [-0.2, 0) is 0 Å². The zero-order valence-electron chi connectivity index (χ0n) is 9.51. The molecule has 88 valence electrons. The quantitative estimate of drug-likeness (QED) is 0.558. The molecule has 3 N–H and O–H groups in total. The highest BCUT2D eigenvalue weighted by atomic mass is 16.3. The summed E-state index contributed by atoms with van der Waals surface area (Å²) in [7, 11) is 0. The third-order valence-corrected chi connectivity index (χ3v) is 2.98. The van der Waals surface area contributed by atoms with Gasteiger partial charge in [-0.3, -0.25) is 0 Å². The standard InChI is InChI=1S/C11H22N2O2/c1-2-3-4-7-12-10(15)13-8-11(9-14)5-6-11/h14H,2-9H2,1H3,(H2,12,13,15). The molecule has 0 aliphatic heterocycles. The fraction of sp³-hybridized carbons (Fsp3) is 0.909. The first-order valence-electron chi connectivity index (χ1n) is 5.85. The number of amides is 2. The van der Waals surface area contributed by atoms with Gasteiger partial charge >= 0.3 is 6.03 Å². The molecule has 0 radical (unpaired) electrons. The second-order valence-corrected chi connectivity index (χ2v) is 4.47. The normalized spacial score (nSPS) is 17.2. The van der Waals surface area contributed by atoms with Crippen LogP contribution in [0.25, 0.3) is 0 Å². The third kappa shape index (κ3) is 4.51. The molecule has 1 rings (SSSR count). The molecule has 0 aromatic heterocycles. The van der Waals surface area contributed by atoms with Crippen molar-refractivity contribution >= 4 is 6.03 Å². The first-order chi connectivity index (χ1) is 7.22. The molecule has 1 fully saturated rings. The number of nitrogens with one attached hydrogen (secondary N) is 2. The van der Waals surface area contributed by atoms with Crippen molar-refractivity contribution in [3.63, 3.8) is 0 Å². The maximum atomic E-state index is 11.3. The molecule has 0 aromatic rings. The van der Waals surface area contributed by atoms with Crippen molar-refractivity contribution < 1.29 is 9.90 Å². The van der Waals surface area contributed by atoms with Crippen LogP contribution in [0.2, 0.25) is 0 Å². The molecular weight excluding hydrogens is 192 g/mol. The third-order valence-electron chi connectivity index (χ3n) is 2.98. The van der Waals surface area contributed by atoms with Crippen LogP contribution in [-0.4, -0.2) is 30.8 Å². The highest BCUT2D eigenvalue weighted by Gasteiger charge is 2.41. The maximum absolute atomic E-state index is 11.3. The predicted octanol–water partition coefficient (Wildman–Crippen LogP) is 1.25. The van der Waals surface area contributed by atoms with Gasteiger partial charge in [0.05, 0.1) is 6.61 Å². The Morgan fingerprint density at radius 3 is 2.60 bits per heavy atom. The molecule has 1 aliphatic carbocycles. The molecule has 15 heavy (non-hydrogen) atoms. The van der Waals surface area contributed by atoms with E-state index >= 15 is 0 Å². The lowest BCUT2D eigenvalue weighted by atomic mass is 10.1. The van der Waals surface area contributed by atoms with Crippen LogP contribution >= 0.6 is 0 Å². The minimum absolute atomic E-state index is 0.000753. The van der Waals surface area contributed by atoms with E-state index in [1.807, 2.05) is 0 Å². The Kier molecular flexibility index (Phi) is 4.88. The summed E-state index contributed by atoms with van der Waals surface area (Å²) in [5.74, 6) is 0. The van der Waals surface area contributed by atoms with E-state index in [-0.39, 0.29) is 18.1 Å². The van der Waals surface area contributed by atoms with E-state index in [1.54, 1.807) is 0 Å². The number of rotatable bonds is 7. The summed E-state index contributed by atoms with van der Waals surface area (Å²) in [6.45, 7) is 3.66. The summed E-state index contributed by atoms with van der Waals surface area (Å²) < 4.78 is 0. The van der Waals surface area contributed by atoms with Gasteiger partial charge in [-0.2, -0.15) is 0 Å². The number of unbranched alkanes of at least 4 members (excludes halogenated alkanes) is 2. The maximum Gasteiger partial charge on any atom is 0.314 e. The Balaban J connectivity index is 1.99. The summed E-state index contributed by atoms with van der Waals surface area (Å²) in [5, 5.41) is 14.7. The average molecular weight is 214 g/mol. The molecule has 0 aromatic carbocycles. The highest BCUT2D eigenvalue weighted by Crippen LogP contribution is 2.44. The molecule has 0 bridgehead atoms. The molecular formula is C11H22N2O2. The van der Waals surface area contributed by atoms with Gasteiger partial charge in [0.2, 0.25) is 0 Å². The van der Waals surface area contributed by atoms with Crippen molar-refractivity contribution in [3.05, 3.63) is 0 Å². The van der Waals surface area contributed by atoms with Crippen molar-refractivity contribution in [1.29, 1.82) is 0 Å². The van der Waals surface area contributed by atoms with Crippen molar-refractivity contribution in [2.24, 2.45) is 5.41 Å². The second kappa shape index (κ2) is 5.95. The Labute approximate surface area is 91.4 Å². The Morgan fingerprint density at radius 1 is 1.33 bits per heavy atom. The fourth-order valence-electron chi connectivity index (χ4n) is 1.47. The van der Waals surface area contributed by atoms with Gasteiger partial charge in [-0.05, 0) is 19.3 Å². The number of urea groups is 1. The number of carbonyl (C=O) groups is 1. The minimum Gasteiger partial charge on any atom is -0.396 e. The van der Waals surface area contributed by atoms with E-state index in [9.17, 15) is 4.79 Å².